The first-order chi connectivity index (χ1) is 7.43. The Kier molecular flexibility index (Phi) is 2.31. The average Bonchev–Trinajstić information content (AvgIpc) is 2.62. The maximum absolute atomic E-state index is 11.9. The Morgan fingerprint density at radius 2 is 2.19 bits per heavy atom. The second kappa shape index (κ2) is 3.41. The summed E-state index contributed by atoms with van der Waals surface area (Å²) in [5, 5.41) is 2.95. The van der Waals surface area contributed by atoms with Gasteiger partial charge in [-0.05, 0) is 0 Å². The molecule has 0 aliphatic rings. The van der Waals surface area contributed by atoms with Crippen molar-refractivity contribution in [3.8, 4) is 0 Å². The topological polar surface area (TPSA) is 89.1 Å². The van der Waals surface area contributed by atoms with Crippen molar-refractivity contribution in [2.24, 2.45) is 5.73 Å². The van der Waals surface area contributed by atoms with Crippen molar-refractivity contribution in [2.75, 3.05) is 0 Å². The summed E-state index contributed by atoms with van der Waals surface area (Å²) in [5.41, 5.74) is 5.59. The van der Waals surface area contributed by atoms with Crippen molar-refractivity contribution < 1.29 is 0 Å². The van der Waals surface area contributed by atoms with E-state index in [0.29, 0.717) is 11.3 Å². The lowest BCUT2D eigenvalue weighted by atomic mass is 9.96. The van der Waals surface area contributed by atoms with E-state index >= 15 is 0 Å². The lowest BCUT2D eigenvalue weighted by Crippen LogP contribution is -2.22. The molecule has 3 N–H and O–H groups in total. The minimum absolute atomic E-state index is 0.150. The molecule has 86 valence electrons. The number of fused-ring (bicyclic) bond motifs is 1. The molecule has 0 bridgehead atoms. The number of H-pyrrole nitrogens is 1. The highest BCUT2D eigenvalue weighted by Gasteiger charge is 2.19. The summed E-state index contributed by atoms with van der Waals surface area (Å²) in [6.07, 6.45) is 1.48. The molecule has 0 amide bonds. The van der Waals surface area contributed by atoms with Crippen LogP contribution in [0.2, 0.25) is 0 Å². The van der Waals surface area contributed by atoms with Gasteiger partial charge in [-0.2, -0.15) is 9.50 Å². The molecule has 2 aromatic rings. The summed E-state index contributed by atoms with van der Waals surface area (Å²) in [7, 11) is 0. The van der Waals surface area contributed by atoms with Crippen LogP contribution in [0.5, 0.6) is 0 Å². The monoisotopic (exact) mass is 221 g/mol. The minimum Gasteiger partial charge on any atom is -0.326 e. The van der Waals surface area contributed by atoms with Gasteiger partial charge in [0.05, 0.1) is 5.56 Å². The van der Waals surface area contributed by atoms with Crippen molar-refractivity contribution in [3.63, 3.8) is 0 Å². The molecular formula is C10H15N5O. The fourth-order valence-corrected chi connectivity index (χ4v) is 1.37. The number of hydrogen-bond acceptors (Lipinski definition) is 4. The summed E-state index contributed by atoms with van der Waals surface area (Å²) in [5.74, 6) is 1.11. The molecule has 6 heteroatoms. The van der Waals surface area contributed by atoms with E-state index < -0.39 is 0 Å². The van der Waals surface area contributed by atoms with Crippen LogP contribution in [0.25, 0.3) is 5.78 Å². The Hall–Kier alpha value is -1.69. The summed E-state index contributed by atoms with van der Waals surface area (Å²) < 4.78 is 1.34. The number of rotatable bonds is 1. The van der Waals surface area contributed by atoms with Crippen LogP contribution in [0.3, 0.4) is 0 Å². The van der Waals surface area contributed by atoms with Gasteiger partial charge in [0, 0.05) is 18.2 Å². The van der Waals surface area contributed by atoms with Crippen LogP contribution in [0.4, 0.5) is 0 Å². The zero-order valence-electron chi connectivity index (χ0n) is 9.61. The summed E-state index contributed by atoms with van der Waals surface area (Å²) in [6, 6.07) is 0. The highest BCUT2D eigenvalue weighted by atomic mass is 16.1. The van der Waals surface area contributed by atoms with Gasteiger partial charge in [-0.25, -0.2) is 4.98 Å². The molecule has 0 aromatic carbocycles. The Morgan fingerprint density at radius 3 is 2.75 bits per heavy atom. The highest BCUT2D eigenvalue weighted by Crippen LogP contribution is 2.17. The van der Waals surface area contributed by atoms with Crippen molar-refractivity contribution in [1.29, 1.82) is 0 Å². The third kappa shape index (κ3) is 1.61. The summed E-state index contributed by atoms with van der Waals surface area (Å²) in [6.45, 7) is 6.22. The summed E-state index contributed by atoms with van der Waals surface area (Å²) in [4.78, 5) is 20.2. The molecule has 0 radical (unpaired) electrons. The first-order valence-electron chi connectivity index (χ1n) is 5.10. The van der Waals surface area contributed by atoms with E-state index in [-0.39, 0.29) is 17.5 Å². The normalized spacial score (nSPS) is 12.2. The van der Waals surface area contributed by atoms with Crippen LogP contribution in [0, 0.1) is 0 Å². The molecular weight excluding hydrogens is 206 g/mol. The average molecular weight is 221 g/mol. The van der Waals surface area contributed by atoms with E-state index in [9.17, 15) is 4.79 Å². The van der Waals surface area contributed by atoms with E-state index in [1.807, 2.05) is 20.8 Å². The molecule has 0 atom stereocenters. The third-order valence-corrected chi connectivity index (χ3v) is 2.37. The van der Waals surface area contributed by atoms with Gasteiger partial charge >= 0.3 is 0 Å². The van der Waals surface area contributed by atoms with Gasteiger partial charge < -0.3 is 5.73 Å². The number of nitrogens with zero attached hydrogens (tertiary/aromatic N) is 3. The van der Waals surface area contributed by atoms with E-state index in [1.54, 1.807) is 0 Å². The zero-order valence-corrected chi connectivity index (χ0v) is 9.61. The van der Waals surface area contributed by atoms with Gasteiger partial charge in [-0.15, -0.1) is 0 Å². The number of aromatic amines is 1. The van der Waals surface area contributed by atoms with Crippen molar-refractivity contribution in [3.05, 3.63) is 27.9 Å². The fourth-order valence-electron chi connectivity index (χ4n) is 1.37. The lowest BCUT2D eigenvalue weighted by Gasteiger charge is -2.12. The third-order valence-electron chi connectivity index (χ3n) is 2.37. The van der Waals surface area contributed by atoms with Crippen molar-refractivity contribution in [2.45, 2.75) is 32.7 Å². The predicted molar refractivity (Wildman–Crippen MR) is 60.2 cm³/mol. The maximum Gasteiger partial charge on any atom is 0.278 e. The highest BCUT2D eigenvalue weighted by molar-refractivity contribution is 5.29. The SMILES string of the molecule is CC(C)(C)c1nc2ncc(CN)c(=O)n2[nH]1. The van der Waals surface area contributed by atoms with E-state index in [2.05, 4.69) is 15.1 Å². The molecule has 0 unspecified atom stereocenters. The minimum atomic E-state index is -0.185. The van der Waals surface area contributed by atoms with Crippen LogP contribution < -0.4 is 11.3 Å². The fraction of sp³-hybridized carbons (Fsp3) is 0.500. The van der Waals surface area contributed by atoms with Crippen LogP contribution >= 0.6 is 0 Å². The molecule has 0 aliphatic heterocycles. The molecule has 0 saturated carbocycles. The number of hydrogen-bond donors (Lipinski definition) is 2. The number of nitrogens with one attached hydrogen (secondary N) is 1. The van der Waals surface area contributed by atoms with Gasteiger partial charge in [0.2, 0.25) is 0 Å². The molecule has 0 aliphatic carbocycles. The molecule has 2 aromatic heterocycles. The molecule has 0 fully saturated rings. The molecule has 6 nitrogen and oxygen atoms in total. The first kappa shape index (κ1) is 10.8. The van der Waals surface area contributed by atoms with Crippen LogP contribution in [-0.4, -0.2) is 19.6 Å². The second-order valence-corrected chi connectivity index (χ2v) is 4.75. The largest absolute Gasteiger partial charge is 0.326 e. The molecule has 16 heavy (non-hydrogen) atoms. The van der Waals surface area contributed by atoms with Crippen LogP contribution in [0.1, 0.15) is 32.2 Å². The smallest absolute Gasteiger partial charge is 0.278 e. The number of nitrogens with two attached hydrogens (primary N) is 1. The van der Waals surface area contributed by atoms with Gasteiger partial charge in [0.15, 0.2) is 0 Å². The molecule has 0 saturated heterocycles. The van der Waals surface area contributed by atoms with E-state index in [4.69, 9.17) is 5.73 Å². The Morgan fingerprint density at radius 1 is 1.50 bits per heavy atom. The Balaban J connectivity index is 2.72. The van der Waals surface area contributed by atoms with Crippen molar-refractivity contribution in [1.82, 2.24) is 19.6 Å². The quantitative estimate of drug-likeness (QED) is 0.718. The standard InChI is InChI=1S/C10H15N5O/c1-10(2,3)8-13-9-12-5-6(4-11)7(16)15(9)14-8/h5H,4,11H2,1-3H3,(H,12,13,14). The van der Waals surface area contributed by atoms with Gasteiger partial charge in [0.1, 0.15) is 5.82 Å². The van der Waals surface area contributed by atoms with E-state index in [0.717, 1.165) is 5.82 Å². The summed E-state index contributed by atoms with van der Waals surface area (Å²) >= 11 is 0. The Bertz CT molecular complexity index is 575. The predicted octanol–water partition coefficient (Wildman–Crippen LogP) is 0.174. The number of aromatic nitrogens is 4. The molecule has 0 spiro atoms. The van der Waals surface area contributed by atoms with Gasteiger partial charge in [-0.3, -0.25) is 9.89 Å². The van der Waals surface area contributed by atoms with Gasteiger partial charge in [0.25, 0.3) is 11.3 Å². The second-order valence-electron chi connectivity index (χ2n) is 4.75. The van der Waals surface area contributed by atoms with Crippen LogP contribution in [0.15, 0.2) is 11.0 Å². The first-order valence-corrected chi connectivity index (χ1v) is 5.10. The lowest BCUT2D eigenvalue weighted by molar-refractivity contribution is 0.544. The maximum atomic E-state index is 11.9. The van der Waals surface area contributed by atoms with Crippen molar-refractivity contribution >= 4 is 5.78 Å². The molecule has 2 heterocycles. The zero-order chi connectivity index (χ0) is 11.9. The van der Waals surface area contributed by atoms with Gasteiger partial charge in [-0.1, -0.05) is 20.8 Å². The Labute approximate surface area is 92.5 Å². The van der Waals surface area contributed by atoms with E-state index in [1.165, 1.54) is 10.7 Å². The molecule has 2 rings (SSSR count). The van der Waals surface area contributed by atoms with Crippen LogP contribution in [-0.2, 0) is 12.0 Å².